The highest BCUT2D eigenvalue weighted by molar-refractivity contribution is 6.14. The summed E-state index contributed by atoms with van der Waals surface area (Å²) in [6, 6.07) is 18.9. The van der Waals surface area contributed by atoms with Gasteiger partial charge in [-0.3, -0.25) is 4.79 Å². The lowest BCUT2D eigenvalue weighted by molar-refractivity contribution is -0.149. The van der Waals surface area contributed by atoms with Crippen molar-refractivity contribution in [3.8, 4) is 0 Å². The van der Waals surface area contributed by atoms with E-state index in [1.165, 1.54) is 13.0 Å². The Kier molecular flexibility index (Phi) is 6.88. The highest BCUT2D eigenvalue weighted by Gasteiger charge is 2.22. The quantitative estimate of drug-likeness (QED) is 0.456. The molecule has 146 valence electrons. The number of rotatable bonds is 6. The summed E-state index contributed by atoms with van der Waals surface area (Å²) >= 11 is 0. The van der Waals surface area contributed by atoms with Gasteiger partial charge < -0.3 is 9.84 Å². The Morgan fingerprint density at radius 2 is 1.43 bits per heavy atom. The SMILES string of the molecule is CC(/C=C(/N=C(c1ccccc1)c1ccccc1)C(=O)OC(C)(C)C)C(=O)O. The van der Waals surface area contributed by atoms with E-state index in [1.54, 1.807) is 20.8 Å². The molecule has 0 aliphatic carbocycles. The number of benzene rings is 2. The van der Waals surface area contributed by atoms with Crippen LogP contribution in [0.5, 0.6) is 0 Å². The average molecular weight is 379 g/mol. The third kappa shape index (κ3) is 6.20. The van der Waals surface area contributed by atoms with Gasteiger partial charge in [0.25, 0.3) is 0 Å². The van der Waals surface area contributed by atoms with Crippen molar-refractivity contribution in [3.63, 3.8) is 0 Å². The van der Waals surface area contributed by atoms with E-state index < -0.39 is 23.5 Å². The molecule has 0 bridgehead atoms. The number of hydrogen-bond donors (Lipinski definition) is 1. The van der Waals surface area contributed by atoms with E-state index in [1.807, 2.05) is 60.7 Å². The minimum Gasteiger partial charge on any atom is -0.481 e. The van der Waals surface area contributed by atoms with E-state index in [2.05, 4.69) is 4.99 Å². The van der Waals surface area contributed by atoms with Crippen LogP contribution in [0.1, 0.15) is 38.8 Å². The summed E-state index contributed by atoms with van der Waals surface area (Å²) in [6.07, 6.45) is 1.32. The van der Waals surface area contributed by atoms with Crippen molar-refractivity contribution in [2.45, 2.75) is 33.3 Å². The Hall–Kier alpha value is -3.21. The normalized spacial score (nSPS) is 12.8. The highest BCUT2D eigenvalue weighted by atomic mass is 16.6. The molecule has 28 heavy (non-hydrogen) atoms. The molecule has 0 saturated carbocycles. The van der Waals surface area contributed by atoms with E-state index in [9.17, 15) is 14.7 Å². The molecule has 0 aliphatic heterocycles. The minimum atomic E-state index is -1.04. The molecule has 0 aliphatic rings. The molecule has 0 heterocycles. The highest BCUT2D eigenvalue weighted by Crippen LogP contribution is 2.18. The van der Waals surface area contributed by atoms with Crippen molar-refractivity contribution in [1.29, 1.82) is 0 Å². The van der Waals surface area contributed by atoms with Crippen LogP contribution < -0.4 is 0 Å². The van der Waals surface area contributed by atoms with Crippen molar-refractivity contribution in [1.82, 2.24) is 0 Å². The Morgan fingerprint density at radius 3 is 1.82 bits per heavy atom. The molecule has 2 aromatic carbocycles. The number of nitrogens with zero attached hydrogens (tertiary/aromatic N) is 1. The summed E-state index contributed by atoms with van der Waals surface area (Å²) in [7, 11) is 0. The number of hydrogen-bond acceptors (Lipinski definition) is 4. The van der Waals surface area contributed by atoms with Gasteiger partial charge >= 0.3 is 11.9 Å². The summed E-state index contributed by atoms with van der Waals surface area (Å²) < 4.78 is 5.45. The van der Waals surface area contributed by atoms with Crippen molar-refractivity contribution in [2.75, 3.05) is 0 Å². The van der Waals surface area contributed by atoms with Gasteiger partial charge in [-0.25, -0.2) is 9.79 Å². The maximum absolute atomic E-state index is 12.7. The number of aliphatic carboxylic acids is 1. The van der Waals surface area contributed by atoms with E-state index in [0.717, 1.165) is 11.1 Å². The van der Waals surface area contributed by atoms with Gasteiger partial charge in [0.2, 0.25) is 0 Å². The summed E-state index contributed by atoms with van der Waals surface area (Å²) in [5.41, 5.74) is 1.43. The molecule has 1 N–H and O–H groups in total. The van der Waals surface area contributed by atoms with Crippen LogP contribution in [-0.2, 0) is 14.3 Å². The van der Waals surface area contributed by atoms with Crippen LogP contribution in [0.2, 0.25) is 0 Å². The molecule has 1 atom stereocenters. The van der Waals surface area contributed by atoms with Gasteiger partial charge in [0.15, 0.2) is 0 Å². The van der Waals surface area contributed by atoms with E-state index in [-0.39, 0.29) is 5.70 Å². The topological polar surface area (TPSA) is 76.0 Å². The summed E-state index contributed by atoms with van der Waals surface area (Å²) in [5, 5.41) is 9.27. The molecule has 2 aromatic rings. The number of carboxylic acid groups (broad SMARTS) is 1. The fraction of sp³-hybridized carbons (Fsp3) is 0.261. The molecule has 0 radical (unpaired) electrons. The number of aliphatic imine (C=N–C) groups is 1. The molecule has 5 heteroatoms. The Balaban J connectivity index is 2.61. The molecule has 0 fully saturated rings. The zero-order valence-electron chi connectivity index (χ0n) is 16.5. The van der Waals surface area contributed by atoms with Crippen LogP contribution in [0.15, 0.2) is 77.4 Å². The second-order valence-corrected chi connectivity index (χ2v) is 7.37. The van der Waals surface area contributed by atoms with Gasteiger partial charge in [0.05, 0.1) is 11.6 Å². The first-order chi connectivity index (χ1) is 13.2. The van der Waals surface area contributed by atoms with Crippen LogP contribution in [0.25, 0.3) is 0 Å². The van der Waals surface area contributed by atoms with Crippen LogP contribution in [-0.4, -0.2) is 28.4 Å². The Labute approximate surface area is 165 Å². The average Bonchev–Trinajstić information content (AvgIpc) is 2.64. The van der Waals surface area contributed by atoms with Crippen molar-refractivity contribution < 1.29 is 19.4 Å². The lowest BCUT2D eigenvalue weighted by Crippen LogP contribution is -2.25. The summed E-state index contributed by atoms with van der Waals surface area (Å²) in [5.74, 6) is -2.60. The number of carboxylic acids is 1. The van der Waals surface area contributed by atoms with Crippen molar-refractivity contribution in [2.24, 2.45) is 10.9 Å². The predicted molar refractivity (Wildman–Crippen MR) is 109 cm³/mol. The number of carbonyl (C=O) groups is 2. The Bertz CT molecular complexity index is 836. The third-order valence-corrected chi connectivity index (χ3v) is 3.73. The second kappa shape index (κ2) is 9.13. The molecule has 0 amide bonds. The first kappa shape index (κ1) is 21.1. The predicted octanol–water partition coefficient (Wildman–Crippen LogP) is 4.47. The lowest BCUT2D eigenvalue weighted by atomic mass is 10.0. The molecular formula is C23H25NO4. The lowest BCUT2D eigenvalue weighted by Gasteiger charge is -2.20. The summed E-state index contributed by atoms with van der Waals surface area (Å²) in [6.45, 7) is 6.75. The van der Waals surface area contributed by atoms with E-state index >= 15 is 0 Å². The first-order valence-electron chi connectivity index (χ1n) is 9.05. The van der Waals surface area contributed by atoms with Gasteiger partial charge in [-0.05, 0) is 33.8 Å². The van der Waals surface area contributed by atoms with Gasteiger partial charge in [-0.1, -0.05) is 60.7 Å². The number of ether oxygens (including phenoxy) is 1. The van der Waals surface area contributed by atoms with Crippen molar-refractivity contribution in [3.05, 3.63) is 83.6 Å². The largest absolute Gasteiger partial charge is 0.481 e. The van der Waals surface area contributed by atoms with Gasteiger partial charge in [0.1, 0.15) is 11.3 Å². The standard InChI is InChI=1S/C23H25NO4/c1-16(21(25)26)15-19(22(27)28-23(2,3)4)24-20(17-11-7-5-8-12-17)18-13-9-6-10-14-18/h5-16H,1-4H3,(H,25,26)/b19-15+. The molecule has 1 unspecified atom stereocenters. The molecule has 2 rings (SSSR count). The first-order valence-corrected chi connectivity index (χ1v) is 9.05. The smallest absolute Gasteiger partial charge is 0.357 e. The fourth-order valence-corrected chi connectivity index (χ4v) is 2.40. The fourth-order valence-electron chi connectivity index (χ4n) is 2.40. The van der Waals surface area contributed by atoms with Crippen molar-refractivity contribution >= 4 is 17.7 Å². The molecule has 0 aromatic heterocycles. The Morgan fingerprint density at radius 1 is 0.964 bits per heavy atom. The third-order valence-electron chi connectivity index (χ3n) is 3.73. The second-order valence-electron chi connectivity index (χ2n) is 7.37. The maximum atomic E-state index is 12.7. The summed E-state index contributed by atoms with van der Waals surface area (Å²) in [4.78, 5) is 28.6. The zero-order chi connectivity index (χ0) is 20.7. The van der Waals surface area contributed by atoms with Crippen LogP contribution in [0.3, 0.4) is 0 Å². The molecule has 5 nitrogen and oxygen atoms in total. The molecular weight excluding hydrogens is 354 g/mol. The molecule has 0 spiro atoms. The molecule has 0 saturated heterocycles. The monoisotopic (exact) mass is 379 g/mol. The maximum Gasteiger partial charge on any atom is 0.357 e. The number of esters is 1. The van der Waals surface area contributed by atoms with E-state index in [0.29, 0.717) is 5.71 Å². The van der Waals surface area contributed by atoms with Gasteiger partial charge in [-0.15, -0.1) is 0 Å². The van der Waals surface area contributed by atoms with E-state index in [4.69, 9.17) is 4.74 Å². The van der Waals surface area contributed by atoms with Gasteiger partial charge in [-0.2, -0.15) is 0 Å². The van der Waals surface area contributed by atoms with Gasteiger partial charge in [0, 0.05) is 11.1 Å². The van der Waals surface area contributed by atoms with Crippen LogP contribution in [0.4, 0.5) is 0 Å². The number of carbonyl (C=O) groups excluding carboxylic acids is 1. The van der Waals surface area contributed by atoms with Crippen LogP contribution in [0, 0.1) is 5.92 Å². The van der Waals surface area contributed by atoms with Crippen LogP contribution >= 0.6 is 0 Å². The zero-order valence-corrected chi connectivity index (χ0v) is 16.5. The minimum absolute atomic E-state index is 0.0347.